The summed E-state index contributed by atoms with van der Waals surface area (Å²) < 4.78 is 5.17. The summed E-state index contributed by atoms with van der Waals surface area (Å²) in [5, 5.41) is 11.8. The Balaban J connectivity index is 1.67. The fourth-order valence-corrected chi connectivity index (χ4v) is 2.52. The molecule has 0 aromatic heterocycles. The van der Waals surface area contributed by atoms with E-state index >= 15 is 0 Å². The molecule has 0 unspecified atom stereocenters. The SMILES string of the molecule is O=C(NC[C@H]1CCCN1CCO)OCc1ccccc1. The Hall–Kier alpha value is -1.59. The van der Waals surface area contributed by atoms with Crippen LogP contribution in [-0.2, 0) is 11.3 Å². The van der Waals surface area contributed by atoms with Crippen LogP contribution in [0.4, 0.5) is 4.79 Å². The smallest absolute Gasteiger partial charge is 0.407 e. The molecule has 1 heterocycles. The third-order valence-electron chi connectivity index (χ3n) is 3.58. The number of amides is 1. The lowest BCUT2D eigenvalue weighted by atomic mass is 10.2. The second-order valence-corrected chi connectivity index (χ2v) is 5.00. The highest BCUT2D eigenvalue weighted by Crippen LogP contribution is 2.15. The molecule has 1 aromatic rings. The first kappa shape index (κ1) is 14.8. The molecule has 1 aliphatic heterocycles. The summed E-state index contributed by atoms with van der Waals surface area (Å²) in [7, 11) is 0. The number of hydrogen-bond donors (Lipinski definition) is 2. The highest BCUT2D eigenvalue weighted by atomic mass is 16.5. The maximum atomic E-state index is 11.6. The summed E-state index contributed by atoms with van der Waals surface area (Å²) in [5.41, 5.74) is 0.977. The van der Waals surface area contributed by atoms with Crippen molar-refractivity contribution in [1.82, 2.24) is 10.2 Å². The van der Waals surface area contributed by atoms with Crippen LogP contribution in [0.3, 0.4) is 0 Å². The highest BCUT2D eigenvalue weighted by Gasteiger charge is 2.24. The standard InChI is InChI=1S/C15H22N2O3/c18-10-9-17-8-4-7-14(17)11-16-15(19)20-12-13-5-2-1-3-6-13/h1-3,5-6,14,18H,4,7-12H2,(H,16,19)/t14-/m1/s1. The van der Waals surface area contributed by atoms with Gasteiger partial charge in [-0.05, 0) is 24.9 Å². The lowest BCUT2D eigenvalue weighted by Crippen LogP contribution is -2.41. The van der Waals surface area contributed by atoms with E-state index in [4.69, 9.17) is 9.84 Å². The highest BCUT2D eigenvalue weighted by molar-refractivity contribution is 5.67. The van der Waals surface area contributed by atoms with Crippen molar-refractivity contribution in [3.8, 4) is 0 Å². The average Bonchev–Trinajstić information content (AvgIpc) is 2.92. The van der Waals surface area contributed by atoms with E-state index in [2.05, 4.69) is 10.2 Å². The summed E-state index contributed by atoms with van der Waals surface area (Å²) in [6, 6.07) is 9.93. The molecule has 0 spiro atoms. The first-order valence-corrected chi connectivity index (χ1v) is 7.09. The zero-order valence-corrected chi connectivity index (χ0v) is 11.6. The van der Waals surface area contributed by atoms with Crippen molar-refractivity contribution in [1.29, 1.82) is 0 Å². The summed E-state index contributed by atoms with van der Waals surface area (Å²) in [4.78, 5) is 13.8. The number of benzene rings is 1. The van der Waals surface area contributed by atoms with Gasteiger partial charge in [0.1, 0.15) is 6.61 Å². The van der Waals surface area contributed by atoms with E-state index in [-0.39, 0.29) is 19.3 Å². The van der Waals surface area contributed by atoms with Gasteiger partial charge in [-0.25, -0.2) is 4.79 Å². The molecule has 2 N–H and O–H groups in total. The van der Waals surface area contributed by atoms with Crippen molar-refractivity contribution in [2.75, 3.05) is 26.2 Å². The average molecular weight is 278 g/mol. The van der Waals surface area contributed by atoms with Crippen LogP contribution in [0, 0.1) is 0 Å². The van der Waals surface area contributed by atoms with Gasteiger partial charge in [-0.3, -0.25) is 4.90 Å². The number of β-amino-alcohol motifs (C(OH)–C–C–N with tert-alkyl or cyclic N) is 1. The number of carbonyl (C=O) groups is 1. The van der Waals surface area contributed by atoms with Crippen molar-refractivity contribution < 1.29 is 14.6 Å². The maximum Gasteiger partial charge on any atom is 0.407 e. The van der Waals surface area contributed by atoms with Crippen molar-refractivity contribution >= 4 is 6.09 Å². The van der Waals surface area contributed by atoms with Crippen LogP contribution in [0.2, 0.25) is 0 Å². The number of alkyl carbamates (subject to hydrolysis) is 1. The number of nitrogens with zero attached hydrogens (tertiary/aromatic N) is 1. The number of ether oxygens (including phenoxy) is 1. The van der Waals surface area contributed by atoms with Gasteiger partial charge in [0.15, 0.2) is 0 Å². The minimum Gasteiger partial charge on any atom is -0.445 e. The Kier molecular flexibility index (Phi) is 5.83. The molecule has 2 rings (SSSR count). The predicted octanol–water partition coefficient (Wildman–Crippen LogP) is 1.37. The molecule has 0 bridgehead atoms. The number of aliphatic hydroxyl groups is 1. The fraction of sp³-hybridized carbons (Fsp3) is 0.533. The number of hydrogen-bond acceptors (Lipinski definition) is 4. The Morgan fingerprint density at radius 1 is 1.40 bits per heavy atom. The van der Waals surface area contributed by atoms with E-state index in [1.807, 2.05) is 30.3 Å². The molecular formula is C15H22N2O3. The second kappa shape index (κ2) is 7.87. The minimum atomic E-state index is -0.385. The van der Waals surface area contributed by atoms with E-state index in [9.17, 15) is 4.79 Å². The van der Waals surface area contributed by atoms with Gasteiger partial charge in [0.25, 0.3) is 0 Å². The van der Waals surface area contributed by atoms with Crippen molar-refractivity contribution in [2.24, 2.45) is 0 Å². The quantitative estimate of drug-likeness (QED) is 0.825. The lowest BCUT2D eigenvalue weighted by Gasteiger charge is -2.23. The molecule has 1 fully saturated rings. The van der Waals surface area contributed by atoms with Crippen LogP contribution in [0.15, 0.2) is 30.3 Å². The molecule has 1 saturated heterocycles. The predicted molar refractivity (Wildman–Crippen MR) is 76.3 cm³/mol. The van der Waals surface area contributed by atoms with E-state index in [1.165, 1.54) is 0 Å². The van der Waals surface area contributed by atoms with Crippen LogP contribution in [0.1, 0.15) is 18.4 Å². The number of rotatable bonds is 6. The molecule has 0 aliphatic carbocycles. The zero-order chi connectivity index (χ0) is 14.2. The minimum absolute atomic E-state index is 0.162. The van der Waals surface area contributed by atoms with Crippen LogP contribution in [0.5, 0.6) is 0 Å². The van der Waals surface area contributed by atoms with Gasteiger partial charge in [-0.15, -0.1) is 0 Å². The topological polar surface area (TPSA) is 61.8 Å². The molecule has 5 heteroatoms. The van der Waals surface area contributed by atoms with Crippen LogP contribution in [0.25, 0.3) is 0 Å². The monoisotopic (exact) mass is 278 g/mol. The van der Waals surface area contributed by atoms with E-state index < -0.39 is 0 Å². The molecule has 20 heavy (non-hydrogen) atoms. The molecule has 1 aromatic carbocycles. The van der Waals surface area contributed by atoms with E-state index in [0.717, 1.165) is 24.9 Å². The number of likely N-dealkylation sites (tertiary alicyclic amines) is 1. The normalized spacial score (nSPS) is 18.9. The van der Waals surface area contributed by atoms with E-state index in [0.29, 0.717) is 19.1 Å². The van der Waals surface area contributed by atoms with Crippen LogP contribution >= 0.6 is 0 Å². The van der Waals surface area contributed by atoms with Crippen molar-refractivity contribution in [3.05, 3.63) is 35.9 Å². The first-order valence-electron chi connectivity index (χ1n) is 7.09. The zero-order valence-electron chi connectivity index (χ0n) is 11.6. The van der Waals surface area contributed by atoms with E-state index in [1.54, 1.807) is 0 Å². The van der Waals surface area contributed by atoms with Gasteiger partial charge in [0.2, 0.25) is 0 Å². The number of carbonyl (C=O) groups excluding carboxylic acids is 1. The van der Waals surface area contributed by atoms with Gasteiger partial charge in [-0.1, -0.05) is 30.3 Å². The molecule has 0 radical (unpaired) electrons. The Labute approximate surface area is 119 Å². The fourth-order valence-electron chi connectivity index (χ4n) is 2.52. The molecule has 0 saturated carbocycles. The van der Waals surface area contributed by atoms with Gasteiger partial charge in [-0.2, -0.15) is 0 Å². The summed E-state index contributed by atoms with van der Waals surface area (Å²) in [6.07, 6.45) is 1.79. The molecule has 110 valence electrons. The molecule has 1 amide bonds. The van der Waals surface area contributed by atoms with Crippen molar-refractivity contribution in [3.63, 3.8) is 0 Å². The van der Waals surface area contributed by atoms with Crippen LogP contribution in [-0.4, -0.2) is 48.4 Å². The second-order valence-electron chi connectivity index (χ2n) is 5.00. The summed E-state index contributed by atoms with van der Waals surface area (Å²) >= 11 is 0. The summed E-state index contributed by atoms with van der Waals surface area (Å²) in [6.45, 7) is 2.69. The van der Waals surface area contributed by atoms with Gasteiger partial charge in [0.05, 0.1) is 6.61 Å². The van der Waals surface area contributed by atoms with Gasteiger partial charge < -0.3 is 15.2 Å². The lowest BCUT2D eigenvalue weighted by molar-refractivity contribution is 0.133. The molecule has 5 nitrogen and oxygen atoms in total. The van der Waals surface area contributed by atoms with Gasteiger partial charge >= 0.3 is 6.09 Å². The third-order valence-corrected chi connectivity index (χ3v) is 3.58. The maximum absolute atomic E-state index is 11.6. The summed E-state index contributed by atoms with van der Waals surface area (Å²) in [5.74, 6) is 0. The molecule has 1 aliphatic rings. The molecule has 1 atom stereocenters. The Morgan fingerprint density at radius 3 is 2.95 bits per heavy atom. The Morgan fingerprint density at radius 2 is 2.20 bits per heavy atom. The number of nitrogens with one attached hydrogen (secondary N) is 1. The molecular weight excluding hydrogens is 256 g/mol. The van der Waals surface area contributed by atoms with Crippen molar-refractivity contribution in [2.45, 2.75) is 25.5 Å². The number of aliphatic hydroxyl groups excluding tert-OH is 1. The Bertz CT molecular complexity index is 411. The third kappa shape index (κ3) is 4.51. The van der Waals surface area contributed by atoms with Gasteiger partial charge in [0, 0.05) is 19.1 Å². The van der Waals surface area contributed by atoms with Crippen LogP contribution < -0.4 is 5.32 Å². The first-order chi connectivity index (χ1) is 9.79. The largest absolute Gasteiger partial charge is 0.445 e.